The highest BCUT2D eigenvalue weighted by molar-refractivity contribution is 6.32. The molecule has 0 radical (unpaired) electrons. The van der Waals surface area contributed by atoms with E-state index in [9.17, 15) is 15.3 Å². The number of hydrogen-bond donors (Lipinski definition) is 8. The predicted molar refractivity (Wildman–Crippen MR) is 64.1 cm³/mol. The Morgan fingerprint density at radius 1 is 0.850 bits per heavy atom. The molecule has 0 heterocycles. The van der Waals surface area contributed by atoms with E-state index in [4.69, 9.17) is 30.1 Å². The van der Waals surface area contributed by atoms with E-state index in [0.717, 1.165) is 0 Å². The lowest BCUT2D eigenvalue weighted by atomic mass is 10.0. The molecule has 0 saturated heterocycles. The molecule has 0 bridgehead atoms. The largest absolute Gasteiger partial charge is 0.634 e. The summed E-state index contributed by atoms with van der Waals surface area (Å²) in [6, 6.07) is 0. The van der Waals surface area contributed by atoms with Crippen LogP contribution in [0.1, 0.15) is 0 Å². The van der Waals surface area contributed by atoms with Crippen molar-refractivity contribution in [1.82, 2.24) is 0 Å². The minimum atomic E-state index is -2.26. The van der Waals surface area contributed by atoms with Gasteiger partial charge in [0.1, 0.15) is 24.4 Å². The number of rotatable bonds is 11. The van der Waals surface area contributed by atoms with Gasteiger partial charge in [0.2, 0.25) is 0 Å². The Hall–Kier alpha value is -0.335. The van der Waals surface area contributed by atoms with Crippen LogP contribution in [0.5, 0.6) is 0 Å². The van der Waals surface area contributed by atoms with Crippen molar-refractivity contribution in [2.75, 3.05) is 26.4 Å². The average Bonchev–Trinajstić information content (AvgIpc) is 2.42. The molecule has 1 unspecified atom stereocenters. The van der Waals surface area contributed by atoms with Crippen LogP contribution in [0, 0.1) is 0 Å². The molecule has 0 spiro atoms. The molecular formula is C9H21BO10. The van der Waals surface area contributed by atoms with E-state index in [1.165, 1.54) is 0 Å². The van der Waals surface area contributed by atoms with Gasteiger partial charge < -0.3 is 50.1 Å². The Labute approximate surface area is 115 Å². The molecule has 120 valence electrons. The van der Waals surface area contributed by atoms with Crippen LogP contribution >= 0.6 is 0 Å². The summed E-state index contributed by atoms with van der Waals surface area (Å²) in [5, 5.41) is 71.9. The van der Waals surface area contributed by atoms with Crippen LogP contribution in [0.2, 0.25) is 0 Å². The quantitative estimate of drug-likeness (QED) is 0.172. The third kappa shape index (κ3) is 7.45. The molecule has 0 rings (SSSR count). The van der Waals surface area contributed by atoms with Crippen molar-refractivity contribution in [3.05, 3.63) is 0 Å². The highest BCUT2D eigenvalue weighted by Crippen LogP contribution is 2.10. The average molecular weight is 300 g/mol. The fourth-order valence-electron chi connectivity index (χ4n) is 1.30. The second-order valence-corrected chi connectivity index (χ2v) is 4.11. The molecule has 0 aromatic carbocycles. The van der Waals surface area contributed by atoms with Crippen LogP contribution in [0.4, 0.5) is 0 Å². The zero-order chi connectivity index (χ0) is 15.7. The lowest BCUT2D eigenvalue weighted by Crippen LogP contribution is -2.50. The lowest BCUT2D eigenvalue weighted by molar-refractivity contribution is -0.133. The van der Waals surface area contributed by atoms with Gasteiger partial charge in [0.05, 0.1) is 32.5 Å². The molecule has 10 nitrogen and oxygen atoms in total. The van der Waals surface area contributed by atoms with Gasteiger partial charge in [-0.25, -0.2) is 0 Å². The monoisotopic (exact) mass is 300 g/mol. The molecule has 0 amide bonds. The van der Waals surface area contributed by atoms with Gasteiger partial charge in [0, 0.05) is 0 Å². The smallest absolute Gasteiger partial charge is 0.402 e. The van der Waals surface area contributed by atoms with Gasteiger partial charge in [-0.1, -0.05) is 0 Å². The molecule has 0 aliphatic heterocycles. The van der Waals surface area contributed by atoms with Crippen LogP contribution in [0.15, 0.2) is 0 Å². The summed E-state index contributed by atoms with van der Waals surface area (Å²) >= 11 is 0. The molecule has 8 N–H and O–H groups in total. The molecule has 0 saturated carbocycles. The molecule has 0 aliphatic rings. The van der Waals surface area contributed by atoms with E-state index in [0.29, 0.717) is 0 Å². The second kappa shape index (κ2) is 10.4. The van der Waals surface area contributed by atoms with Crippen molar-refractivity contribution in [2.24, 2.45) is 0 Å². The summed E-state index contributed by atoms with van der Waals surface area (Å²) < 4.78 is 9.34. The highest BCUT2D eigenvalue weighted by atomic mass is 16.6. The molecule has 0 aliphatic carbocycles. The first-order chi connectivity index (χ1) is 9.33. The van der Waals surface area contributed by atoms with E-state index in [1.807, 2.05) is 0 Å². The Balaban J connectivity index is 4.45. The number of aliphatic hydroxyl groups is 6. The Morgan fingerprint density at radius 2 is 1.45 bits per heavy atom. The van der Waals surface area contributed by atoms with Crippen LogP contribution in [-0.2, 0) is 9.39 Å². The summed E-state index contributed by atoms with van der Waals surface area (Å²) in [6.07, 6.45) is -7.87. The Morgan fingerprint density at radius 3 is 1.90 bits per heavy atom. The van der Waals surface area contributed by atoms with Crippen LogP contribution in [0.3, 0.4) is 0 Å². The summed E-state index contributed by atoms with van der Waals surface area (Å²) in [5.41, 5.74) is 0. The maximum absolute atomic E-state index is 9.69. The maximum atomic E-state index is 9.69. The highest BCUT2D eigenvalue weighted by Gasteiger charge is 2.34. The summed E-state index contributed by atoms with van der Waals surface area (Å²) in [6.45, 7) is -2.16. The van der Waals surface area contributed by atoms with Crippen LogP contribution < -0.4 is 0 Å². The standard InChI is InChI=1S/C9H21BO10/c11-1-5(13)3-19-4-7(20-10(17)18)9(16)8(15)6(14)2-12/h5-9,11-18H,1-4H2/t5?,6-,7+,8-,9-/m1/s1. The van der Waals surface area contributed by atoms with E-state index in [-0.39, 0.29) is 6.61 Å². The molecule has 0 aromatic heterocycles. The number of ether oxygens (including phenoxy) is 1. The topological polar surface area (TPSA) is 180 Å². The molecule has 11 heteroatoms. The van der Waals surface area contributed by atoms with Crippen LogP contribution in [0.25, 0.3) is 0 Å². The van der Waals surface area contributed by atoms with E-state index in [1.54, 1.807) is 0 Å². The first-order valence-electron chi connectivity index (χ1n) is 5.86. The summed E-state index contributed by atoms with van der Waals surface area (Å²) in [4.78, 5) is 0. The van der Waals surface area contributed by atoms with Gasteiger partial charge >= 0.3 is 7.32 Å². The van der Waals surface area contributed by atoms with Gasteiger partial charge in [0.15, 0.2) is 0 Å². The fraction of sp³-hybridized carbons (Fsp3) is 1.00. The second-order valence-electron chi connectivity index (χ2n) is 4.11. The predicted octanol–water partition coefficient (Wildman–Crippen LogP) is -5.21. The minimum absolute atomic E-state index is 0.316. The van der Waals surface area contributed by atoms with Gasteiger partial charge in [-0.05, 0) is 0 Å². The number of aliphatic hydroxyl groups excluding tert-OH is 6. The zero-order valence-corrected chi connectivity index (χ0v) is 10.7. The van der Waals surface area contributed by atoms with Crippen molar-refractivity contribution in [2.45, 2.75) is 30.5 Å². The third-order valence-corrected chi connectivity index (χ3v) is 2.41. The molecule has 0 aromatic rings. The normalized spacial score (nSPS) is 19.2. The third-order valence-electron chi connectivity index (χ3n) is 2.41. The van der Waals surface area contributed by atoms with E-state index < -0.39 is 57.7 Å². The van der Waals surface area contributed by atoms with Crippen molar-refractivity contribution in [3.8, 4) is 0 Å². The molecule has 5 atom stereocenters. The van der Waals surface area contributed by atoms with Gasteiger partial charge in [-0.2, -0.15) is 0 Å². The van der Waals surface area contributed by atoms with E-state index >= 15 is 0 Å². The molecule has 0 fully saturated rings. The Kier molecular flexibility index (Phi) is 10.2. The van der Waals surface area contributed by atoms with Gasteiger partial charge in [0.25, 0.3) is 0 Å². The zero-order valence-electron chi connectivity index (χ0n) is 10.7. The lowest BCUT2D eigenvalue weighted by Gasteiger charge is -2.29. The number of hydrogen-bond acceptors (Lipinski definition) is 10. The fourth-order valence-corrected chi connectivity index (χ4v) is 1.30. The van der Waals surface area contributed by atoms with Gasteiger partial charge in [-0.15, -0.1) is 0 Å². The van der Waals surface area contributed by atoms with Crippen molar-refractivity contribution in [3.63, 3.8) is 0 Å². The van der Waals surface area contributed by atoms with Crippen molar-refractivity contribution >= 4 is 7.32 Å². The molecular weight excluding hydrogens is 279 g/mol. The SMILES string of the molecule is OCC(O)COC[C@H](OB(O)O)[C@@H](O)[C@H](O)[C@H](O)CO. The minimum Gasteiger partial charge on any atom is -0.402 e. The maximum Gasteiger partial charge on any atom is 0.634 e. The summed E-state index contributed by atoms with van der Waals surface area (Å²) in [5.74, 6) is 0. The first-order valence-corrected chi connectivity index (χ1v) is 5.86. The van der Waals surface area contributed by atoms with Crippen molar-refractivity contribution in [1.29, 1.82) is 0 Å². The molecule has 20 heavy (non-hydrogen) atoms. The van der Waals surface area contributed by atoms with E-state index in [2.05, 4.69) is 4.65 Å². The van der Waals surface area contributed by atoms with Crippen molar-refractivity contribution < 1.29 is 50.1 Å². The first kappa shape index (κ1) is 19.7. The van der Waals surface area contributed by atoms with Crippen LogP contribution in [-0.4, -0.2) is 105 Å². The van der Waals surface area contributed by atoms with Gasteiger partial charge in [-0.3, -0.25) is 0 Å². The summed E-state index contributed by atoms with van der Waals surface area (Å²) in [7, 11) is -2.26. The Bertz CT molecular complexity index is 243.